The molecule has 0 aromatic carbocycles. The van der Waals surface area contributed by atoms with E-state index in [1.54, 1.807) is 0 Å². The largest absolute Gasteiger partial charge is 0.480 e. The Kier molecular flexibility index (Phi) is 7.96. The molecule has 16 heavy (non-hydrogen) atoms. The third kappa shape index (κ3) is 5.94. The first-order valence-corrected chi connectivity index (χ1v) is 5.75. The van der Waals surface area contributed by atoms with Crippen molar-refractivity contribution in [3.63, 3.8) is 0 Å². The van der Waals surface area contributed by atoms with Gasteiger partial charge >= 0.3 is 5.97 Å². The summed E-state index contributed by atoms with van der Waals surface area (Å²) in [4.78, 5) is 22.2. The number of unbranched alkanes of at least 4 members (excludes halogenated alkanes) is 1. The van der Waals surface area contributed by atoms with Crippen LogP contribution in [0.1, 0.15) is 19.3 Å². The van der Waals surface area contributed by atoms with Crippen molar-refractivity contribution in [1.29, 1.82) is 0 Å². The van der Waals surface area contributed by atoms with Gasteiger partial charge in [-0.25, -0.2) is 4.79 Å². The van der Waals surface area contributed by atoms with Crippen LogP contribution >= 0.6 is 12.6 Å². The molecule has 6 N–H and O–H groups in total. The van der Waals surface area contributed by atoms with Gasteiger partial charge in [-0.3, -0.25) is 4.79 Å². The molecule has 0 bridgehead atoms. The van der Waals surface area contributed by atoms with E-state index in [9.17, 15) is 9.59 Å². The molecule has 0 fully saturated rings. The summed E-state index contributed by atoms with van der Waals surface area (Å²) in [6.07, 6.45) is 1.75. The van der Waals surface area contributed by atoms with Crippen LogP contribution in [0.4, 0.5) is 0 Å². The lowest BCUT2D eigenvalue weighted by Gasteiger charge is -2.16. The second-order valence-corrected chi connectivity index (χ2v) is 3.84. The molecule has 0 saturated carbocycles. The van der Waals surface area contributed by atoms with Gasteiger partial charge in [0.15, 0.2) is 0 Å². The highest BCUT2D eigenvalue weighted by Gasteiger charge is 2.21. The molecule has 0 radical (unpaired) electrons. The second-order valence-electron chi connectivity index (χ2n) is 3.47. The quantitative estimate of drug-likeness (QED) is 0.277. The first-order valence-electron chi connectivity index (χ1n) is 5.12. The van der Waals surface area contributed by atoms with E-state index in [1.807, 2.05) is 0 Å². The van der Waals surface area contributed by atoms with Crippen LogP contribution in [0.2, 0.25) is 0 Å². The average molecular weight is 249 g/mol. The van der Waals surface area contributed by atoms with E-state index in [0.717, 1.165) is 6.42 Å². The van der Waals surface area contributed by atoms with Crippen LogP contribution < -0.4 is 16.8 Å². The zero-order chi connectivity index (χ0) is 12.6. The number of carbonyl (C=O) groups is 2. The maximum absolute atomic E-state index is 11.3. The molecule has 0 heterocycles. The SMILES string of the molecule is NCCCC[C@H](NC(=O)[C@@H](N)CS)C(=O)O. The number of nitrogens with one attached hydrogen (secondary N) is 1. The maximum atomic E-state index is 11.3. The lowest BCUT2D eigenvalue weighted by Crippen LogP contribution is -2.49. The van der Waals surface area contributed by atoms with Crippen LogP contribution in [0.3, 0.4) is 0 Å². The Morgan fingerprint density at radius 3 is 2.44 bits per heavy atom. The van der Waals surface area contributed by atoms with E-state index < -0.39 is 24.0 Å². The molecule has 0 aliphatic rings. The summed E-state index contributed by atoms with van der Waals surface area (Å²) in [5.74, 6) is -1.37. The normalized spacial score (nSPS) is 14.2. The van der Waals surface area contributed by atoms with Gasteiger partial charge in [0.25, 0.3) is 0 Å². The van der Waals surface area contributed by atoms with Crippen LogP contribution in [0.25, 0.3) is 0 Å². The summed E-state index contributed by atoms with van der Waals surface area (Å²) in [5.41, 5.74) is 10.7. The minimum absolute atomic E-state index is 0.182. The summed E-state index contributed by atoms with van der Waals surface area (Å²) < 4.78 is 0. The summed E-state index contributed by atoms with van der Waals surface area (Å²) >= 11 is 3.86. The Morgan fingerprint density at radius 2 is 2.00 bits per heavy atom. The van der Waals surface area contributed by atoms with E-state index in [2.05, 4.69) is 17.9 Å². The predicted molar refractivity (Wildman–Crippen MR) is 64.3 cm³/mol. The van der Waals surface area contributed by atoms with Crippen molar-refractivity contribution in [2.75, 3.05) is 12.3 Å². The van der Waals surface area contributed by atoms with Crippen LogP contribution in [-0.4, -0.2) is 41.4 Å². The number of hydrogen-bond donors (Lipinski definition) is 5. The maximum Gasteiger partial charge on any atom is 0.326 e. The fourth-order valence-electron chi connectivity index (χ4n) is 1.11. The Hall–Kier alpha value is -0.790. The van der Waals surface area contributed by atoms with Crippen LogP contribution in [-0.2, 0) is 9.59 Å². The number of thiol groups is 1. The molecule has 0 rings (SSSR count). The van der Waals surface area contributed by atoms with Crippen molar-refractivity contribution in [1.82, 2.24) is 5.32 Å². The van der Waals surface area contributed by atoms with Gasteiger partial charge in [-0.2, -0.15) is 12.6 Å². The number of aliphatic carboxylic acids is 1. The van der Waals surface area contributed by atoms with Gasteiger partial charge in [0, 0.05) is 5.75 Å². The number of hydrogen-bond acceptors (Lipinski definition) is 5. The third-order valence-electron chi connectivity index (χ3n) is 2.09. The monoisotopic (exact) mass is 249 g/mol. The molecule has 0 aromatic heterocycles. The Labute approximate surface area is 100 Å². The van der Waals surface area contributed by atoms with Gasteiger partial charge in [-0.05, 0) is 25.8 Å². The van der Waals surface area contributed by atoms with Gasteiger partial charge in [0.05, 0.1) is 6.04 Å². The zero-order valence-corrected chi connectivity index (χ0v) is 9.95. The first kappa shape index (κ1) is 15.2. The van der Waals surface area contributed by atoms with Gasteiger partial charge < -0.3 is 21.9 Å². The van der Waals surface area contributed by atoms with Crippen molar-refractivity contribution in [3.8, 4) is 0 Å². The minimum atomic E-state index is -1.06. The van der Waals surface area contributed by atoms with Gasteiger partial charge in [0.2, 0.25) is 5.91 Å². The van der Waals surface area contributed by atoms with Crippen LogP contribution in [0, 0.1) is 0 Å². The number of amides is 1. The molecule has 0 aliphatic heterocycles. The van der Waals surface area contributed by atoms with Crippen molar-refractivity contribution in [3.05, 3.63) is 0 Å². The Bertz CT molecular complexity index is 238. The summed E-state index contributed by atoms with van der Waals surface area (Å²) in [7, 11) is 0. The minimum Gasteiger partial charge on any atom is -0.480 e. The number of carbonyl (C=O) groups excluding carboxylic acids is 1. The van der Waals surface area contributed by atoms with E-state index >= 15 is 0 Å². The second kappa shape index (κ2) is 8.37. The molecular weight excluding hydrogens is 230 g/mol. The molecular formula is C9H19N3O3S. The van der Waals surface area contributed by atoms with Gasteiger partial charge in [-0.1, -0.05) is 0 Å². The Morgan fingerprint density at radius 1 is 1.38 bits per heavy atom. The zero-order valence-electron chi connectivity index (χ0n) is 9.06. The molecule has 0 unspecified atom stereocenters. The van der Waals surface area contributed by atoms with Crippen LogP contribution in [0.15, 0.2) is 0 Å². The molecule has 0 spiro atoms. The molecule has 0 aromatic rings. The molecule has 94 valence electrons. The Balaban J connectivity index is 4.12. The summed E-state index contributed by atoms with van der Waals surface area (Å²) in [6.45, 7) is 0.510. The molecule has 6 nitrogen and oxygen atoms in total. The fraction of sp³-hybridized carbons (Fsp3) is 0.778. The van der Waals surface area contributed by atoms with Gasteiger partial charge in [0.1, 0.15) is 6.04 Å². The highest BCUT2D eigenvalue weighted by Crippen LogP contribution is 2.01. The molecule has 0 aliphatic carbocycles. The van der Waals surface area contributed by atoms with Crippen molar-refractivity contribution in [2.45, 2.75) is 31.3 Å². The topological polar surface area (TPSA) is 118 Å². The molecule has 1 amide bonds. The molecule has 7 heteroatoms. The predicted octanol–water partition coefficient (Wildman–Crippen LogP) is -1.06. The first-order chi connectivity index (χ1) is 7.52. The van der Waals surface area contributed by atoms with E-state index in [0.29, 0.717) is 19.4 Å². The van der Waals surface area contributed by atoms with Gasteiger partial charge in [-0.15, -0.1) is 0 Å². The number of carboxylic acid groups (broad SMARTS) is 1. The standard InChI is InChI=1S/C9H19N3O3S/c10-4-2-1-3-7(9(14)15)12-8(13)6(11)5-16/h6-7,16H,1-5,10-11H2,(H,12,13)(H,14,15)/t6-,7-/m0/s1. The van der Waals surface area contributed by atoms with Crippen molar-refractivity contribution >= 4 is 24.5 Å². The smallest absolute Gasteiger partial charge is 0.326 e. The van der Waals surface area contributed by atoms with Crippen LogP contribution in [0.5, 0.6) is 0 Å². The van der Waals surface area contributed by atoms with E-state index in [-0.39, 0.29) is 5.75 Å². The number of nitrogens with two attached hydrogens (primary N) is 2. The van der Waals surface area contributed by atoms with E-state index in [4.69, 9.17) is 16.6 Å². The van der Waals surface area contributed by atoms with E-state index in [1.165, 1.54) is 0 Å². The lowest BCUT2D eigenvalue weighted by molar-refractivity contribution is -0.142. The fourth-order valence-corrected chi connectivity index (χ4v) is 1.28. The van der Waals surface area contributed by atoms with Crippen molar-refractivity contribution in [2.24, 2.45) is 11.5 Å². The highest BCUT2D eigenvalue weighted by molar-refractivity contribution is 7.80. The molecule has 2 atom stereocenters. The number of rotatable bonds is 8. The highest BCUT2D eigenvalue weighted by atomic mass is 32.1. The summed E-state index contributed by atoms with van der Waals surface area (Å²) in [6, 6.07) is -1.68. The summed E-state index contributed by atoms with van der Waals surface area (Å²) in [5, 5.41) is 11.2. The van der Waals surface area contributed by atoms with Crippen molar-refractivity contribution < 1.29 is 14.7 Å². The number of carboxylic acids is 1. The third-order valence-corrected chi connectivity index (χ3v) is 2.49. The lowest BCUT2D eigenvalue weighted by atomic mass is 10.1. The average Bonchev–Trinajstić information content (AvgIpc) is 2.26. The molecule has 0 saturated heterocycles.